The third kappa shape index (κ3) is 2.16. The van der Waals surface area contributed by atoms with Crippen LogP contribution in [0.4, 0.5) is 0 Å². The highest BCUT2D eigenvalue weighted by Gasteiger charge is 2.33. The monoisotopic (exact) mass is 253 g/mol. The Balaban J connectivity index is 2.51. The first-order chi connectivity index (χ1) is 7.96. The molecule has 94 valence electrons. The lowest BCUT2D eigenvalue weighted by molar-refractivity contribution is 0.292. The SMILES string of the molecule is Cc1cc(C2(N)CCCCC2)c(O)c(Cl)c1C. The Labute approximate surface area is 108 Å². The summed E-state index contributed by atoms with van der Waals surface area (Å²) in [6.07, 6.45) is 5.35. The fraction of sp³-hybridized carbons (Fsp3) is 0.571. The summed E-state index contributed by atoms with van der Waals surface area (Å²) in [5.74, 6) is 0.180. The molecule has 0 radical (unpaired) electrons. The number of benzene rings is 1. The van der Waals surface area contributed by atoms with E-state index in [2.05, 4.69) is 0 Å². The number of phenols is 1. The lowest BCUT2D eigenvalue weighted by Gasteiger charge is -2.35. The fourth-order valence-electron chi connectivity index (χ4n) is 2.69. The summed E-state index contributed by atoms with van der Waals surface area (Å²) in [5, 5.41) is 10.7. The van der Waals surface area contributed by atoms with Gasteiger partial charge < -0.3 is 10.8 Å². The summed E-state index contributed by atoms with van der Waals surface area (Å²) < 4.78 is 0. The third-order valence-corrected chi connectivity index (χ3v) is 4.49. The lowest BCUT2D eigenvalue weighted by Crippen LogP contribution is -2.38. The Bertz CT molecular complexity index is 436. The normalized spacial score (nSPS) is 19.3. The van der Waals surface area contributed by atoms with Crippen molar-refractivity contribution in [2.45, 2.75) is 51.5 Å². The highest BCUT2D eigenvalue weighted by molar-refractivity contribution is 6.33. The standard InChI is InChI=1S/C14H20ClNO/c1-9-8-11(13(17)12(15)10(9)2)14(16)6-4-3-5-7-14/h8,17H,3-7,16H2,1-2H3. The zero-order valence-corrected chi connectivity index (χ0v) is 11.3. The predicted octanol–water partition coefficient (Wildman–Crippen LogP) is 3.78. The second-order valence-corrected chi connectivity index (χ2v) is 5.62. The van der Waals surface area contributed by atoms with Crippen LogP contribution in [0.25, 0.3) is 0 Å². The highest BCUT2D eigenvalue weighted by atomic mass is 35.5. The number of nitrogens with two attached hydrogens (primary N) is 1. The summed E-state index contributed by atoms with van der Waals surface area (Å²) in [6.45, 7) is 3.93. The van der Waals surface area contributed by atoms with Gasteiger partial charge in [0.05, 0.1) is 5.02 Å². The molecule has 1 aromatic rings. The summed E-state index contributed by atoms with van der Waals surface area (Å²) >= 11 is 6.16. The van der Waals surface area contributed by atoms with Crippen molar-refractivity contribution in [3.63, 3.8) is 0 Å². The molecule has 0 heterocycles. The second kappa shape index (κ2) is 4.51. The number of halogens is 1. The molecule has 1 aliphatic rings. The second-order valence-electron chi connectivity index (χ2n) is 5.25. The minimum atomic E-state index is -0.398. The van der Waals surface area contributed by atoms with Crippen LogP contribution in [-0.2, 0) is 5.54 Å². The van der Waals surface area contributed by atoms with E-state index in [1.807, 2.05) is 19.9 Å². The topological polar surface area (TPSA) is 46.2 Å². The van der Waals surface area contributed by atoms with Crippen molar-refractivity contribution >= 4 is 11.6 Å². The quantitative estimate of drug-likeness (QED) is 0.800. The van der Waals surface area contributed by atoms with Gasteiger partial charge in [0.2, 0.25) is 0 Å². The van der Waals surface area contributed by atoms with Gasteiger partial charge in [-0.25, -0.2) is 0 Å². The van der Waals surface area contributed by atoms with Gasteiger partial charge in [0.1, 0.15) is 5.75 Å². The third-order valence-electron chi connectivity index (χ3n) is 4.03. The van der Waals surface area contributed by atoms with Gasteiger partial charge in [0, 0.05) is 11.1 Å². The zero-order chi connectivity index (χ0) is 12.6. The minimum absolute atomic E-state index is 0.180. The Kier molecular flexibility index (Phi) is 3.37. The molecule has 1 fully saturated rings. The predicted molar refractivity (Wildman–Crippen MR) is 71.5 cm³/mol. The van der Waals surface area contributed by atoms with Crippen molar-refractivity contribution in [1.29, 1.82) is 0 Å². The number of hydrogen-bond donors (Lipinski definition) is 2. The smallest absolute Gasteiger partial charge is 0.139 e. The van der Waals surface area contributed by atoms with Crippen LogP contribution in [0.15, 0.2) is 6.07 Å². The molecule has 0 atom stereocenters. The Morgan fingerprint density at radius 3 is 2.41 bits per heavy atom. The molecule has 3 N–H and O–H groups in total. The highest BCUT2D eigenvalue weighted by Crippen LogP contribution is 2.43. The number of rotatable bonds is 1. The van der Waals surface area contributed by atoms with Crippen molar-refractivity contribution in [1.82, 2.24) is 0 Å². The maximum Gasteiger partial charge on any atom is 0.139 e. The van der Waals surface area contributed by atoms with E-state index in [1.54, 1.807) is 0 Å². The maximum absolute atomic E-state index is 10.2. The Hall–Kier alpha value is -0.730. The van der Waals surface area contributed by atoms with Gasteiger partial charge >= 0.3 is 0 Å². The molecular weight excluding hydrogens is 234 g/mol. The molecule has 1 aromatic carbocycles. The molecule has 3 heteroatoms. The van der Waals surface area contributed by atoms with Gasteiger partial charge in [0.15, 0.2) is 0 Å². The van der Waals surface area contributed by atoms with Crippen LogP contribution >= 0.6 is 11.6 Å². The number of phenolic OH excluding ortho intramolecular Hbond substituents is 1. The van der Waals surface area contributed by atoms with Crippen molar-refractivity contribution in [2.75, 3.05) is 0 Å². The van der Waals surface area contributed by atoms with Gasteiger partial charge in [-0.1, -0.05) is 36.9 Å². The van der Waals surface area contributed by atoms with Crippen LogP contribution in [0, 0.1) is 13.8 Å². The van der Waals surface area contributed by atoms with E-state index in [0.717, 1.165) is 42.4 Å². The zero-order valence-electron chi connectivity index (χ0n) is 10.5. The average molecular weight is 254 g/mol. The van der Waals surface area contributed by atoms with Crippen LogP contribution in [0.1, 0.15) is 48.8 Å². The van der Waals surface area contributed by atoms with Gasteiger partial charge in [0.25, 0.3) is 0 Å². The molecule has 0 aromatic heterocycles. The Morgan fingerprint density at radius 2 is 1.82 bits per heavy atom. The van der Waals surface area contributed by atoms with E-state index in [1.165, 1.54) is 6.42 Å². The molecular formula is C14H20ClNO. The molecule has 0 saturated heterocycles. The van der Waals surface area contributed by atoms with Crippen LogP contribution in [-0.4, -0.2) is 5.11 Å². The molecule has 2 rings (SSSR count). The van der Waals surface area contributed by atoms with Gasteiger partial charge in [-0.15, -0.1) is 0 Å². The molecule has 1 saturated carbocycles. The molecule has 0 amide bonds. The van der Waals surface area contributed by atoms with E-state index < -0.39 is 5.54 Å². The number of aromatic hydroxyl groups is 1. The maximum atomic E-state index is 10.2. The van der Waals surface area contributed by atoms with E-state index in [9.17, 15) is 5.11 Å². The summed E-state index contributed by atoms with van der Waals surface area (Å²) in [6, 6.07) is 2.00. The van der Waals surface area contributed by atoms with Crippen LogP contribution < -0.4 is 5.73 Å². The first kappa shape index (κ1) is 12.7. The lowest BCUT2D eigenvalue weighted by atomic mass is 9.76. The number of hydrogen-bond acceptors (Lipinski definition) is 2. The molecule has 0 spiro atoms. The van der Waals surface area contributed by atoms with Crippen molar-refractivity contribution in [2.24, 2.45) is 5.73 Å². The number of aryl methyl sites for hydroxylation is 1. The molecule has 0 bridgehead atoms. The molecule has 2 nitrogen and oxygen atoms in total. The van der Waals surface area contributed by atoms with E-state index in [4.69, 9.17) is 17.3 Å². The van der Waals surface area contributed by atoms with E-state index >= 15 is 0 Å². The largest absolute Gasteiger partial charge is 0.506 e. The van der Waals surface area contributed by atoms with Crippen LogP contribution in [0.3, 0.4) is 0 Å². The van der Waals surface area contributed by atoms with Gasteiger partial charge in [-0.05, 0) is 37.8 Å². The van der Waals surface area contributed by atoms with Crippen molar-refractivity contribution < 1.29 is 5.11 Å². The minimum Gasteiger partial charge on any atom is -0.506 e. The first-order valence-electron chi connectivity index (χ1n) is 6.24. The molecule has 0 unspecified atom stereocenters. The molecule has 0 aliphatic heterocycles. The van der Waals surface area contributed by atoms with E-state index in [0.29, 0.717) is 5.02 Å². The molecule has 17 heavy (non-hydrogen) atoms. The average Bonchev–Trinajstić information content (AvgIpc) is 2.32. The summed E-state index contributed by atoms with van der Waals surface area (Å²) in [5.41, 5.74) is 8.91. The fourth-order valence-corrected chi connectivity index (χ4v) is 2.94. The first-order valence-corrected chi connectivity index (χ1v) is 6.61. The van der Waals surface area contributed by atoms with E-state index in [-0.39, 0.29) is 5.75 Å². The molecule has 1 aliphatic carbocycles. The van der Waals surface area contributed by atoms with Crippen LogP contribution in [0.5, 0.6) is 5.75 Å². The van der Waals surface area contributed by atoms with Gasteiger partial charge in [-0.3, -0.25) is 0 Å². The Morgan fingerprint density at radius 1 is 1.24 bits per heavy atom. The summed E-state index contributed by atoms with van der Waals surface area (Å²) in [4.78, 5) is 0. The van der Waals surface area contributed by atoms with Crippen LogP contribution in [0.2, 0.25) is 5.02 Å². The summed E-state index contributed by atoms with van der Waals surface area (Å²) in [7, 11) is 0. The van der Waals surface area contributed by atoms with Gasteiger partial charge in [-0.2, -0.15) is 0 Å². The van der Waals surface area contributed by atoms with Crippen molar-refractivity contribution in [3.8, 4) is 5.75 Å². The van der Waals surface area contributed by atoms with Crippen molar-refractivity contribution in [3.05, 3.63) is 27.8 Å².